The molecule has 0 aliphatic rings. The second-order valence-electron chi connectivity index (χ2n) is 19.5. The lowest BCUT2D eigenvalue weighted by Crippen LogP contribution is -1.90. The standard InChI is InChI=1S/C42H26.C30H18/c1-3-12-27(13-4-1)31-20-11-21-35-38(31)24-30-25-40-39(26-37(30)41(35)29-15-5-2-6-16-29)34-19-10-9-18-33(34)36-23-22-28-14-7-8-17-32(28)42(36)40;1-2-9-21-16-23-18-29-28(17-22(23)15-20(21)8-1)26-12-6-5-11-25(26)27-14-13-19-7-3-4-10-24(19)30(27)29/h1-26H;1-18H. The molecule has 0 saturated carbocycles. The first kappa shape index (κ1) is 40.5. The predicted molar refractivity (Wildman–Crippen MR) is 314 cm³/mol. The Kier molecular flexibility index (Phi) is 9.06. The summed E-state index contributed by atoms with van der Waals surface area (Å²) in [6, 6.07) is 98.3. The molecule has 0 aromatic heterocycles. The molecule has 0 amide bonds. The first-order chi connectivity index (χ1) is 35.7. The lowest BCUT2D eigenvalue weighted by molar-refractivity contribution is 1.65. The van der Waals surface area contributed by atoms with Gasteiger partial charge in [0, 0.05) is 0 Å². The van der Waals surface area contributed by atoms with Crippen LogP contribution < -0.4 is 0 Å². The molecule has 0 aliphatic carbocycles. The Morgan fingerprint density at radius 3 is 1.11 bits per heavy atom. The molecule has 0 radical (unpaired) electrons. The zero-order chi connectivity index (χ0) is 47.3. The average Bonchev–Trinajstić information content (AvgIpc) is 3.45. The van der Waals surface area contributed by atoms with Crippen molar-refractivity contribution in [2.75, 3.05) is 0 Å². The molecule has 0 spiro atoms. The molecule has 0 N–H and O–H groups in total. The van der Waals surface area contributed by atoms with Crippen LogP contribution in [0.5, 0.6) is 0 Å². The quantitative estimate of drug-likeness (QED) is 0.120. The van der Waals surface area contributed by atoms with Crippen LogP contribution in [0, 0.1) is 0 Å². The highest BCUT2D eigenvalue weighted by molar-refractivity contribution is 6.35. The van der Waals surface area contributed by atoms with Crippen molar-refractivity contribution in [3.63, 3.8) is 0 Å². The number of fused-ring (bicyclic) bond motifs is 20. The molecule has 0 heterocycles. The molecule has 0 aliphatic heterocycles. The van der Waals surface area contributed by atoms with E-state index in [1.54, 1.807) is 0 Å². The van der Waals surface area contributed by atoms with E-state index < -0.39 is 0 Å². The summed E-state index contributed by atoms with van der Waals surface area (Å²) >= 11 is 0. The van der Waals surface area contributed by atoms with Gasteiger partial charge in [-0.15, -0.1) is 0 Å². The van der Waals surface area contributed by atoms with Gasteiger partial charge in [-0.05, 0) is 194 Å². The Labute approximate surface area is 416 Å². The van der Waals surface area contributed by atoms with E-state index in [0.717, 1.165) is 0 Å². The van der Waals surface area contributed by atoms with Gasteiger partial charge in [0.1, 0.15) is 0 Å². The third kappa shape index (κ3) is 6.26. The zero-order valence-corrected chi connectivity index (χ0v) is 39.4. The molecule has 0 nitrogen and oxygen atoms in total. The second-order valence-corrected chi connectivity index (χ2v) is 19.5. The normalized spacial score (nSPS) is 11.9. The molecule has 0 saturated heterocycles. The van der Waals surface area contributed by atoms with E-state index in [9.17, 15) is 0 Å². The minimum Gasteiger partial charge on any atom is -0.0622 e. The Bertz CT molecular complexity index is 4890. The fraction of sp³-hybridized carbons (Fsp3) is 0. The van der Waals surface area contributed by atoms with Crippen LogP contribution in [0.1, 0.15) is 0 Å². The molecule has 72 heavy (non-hydrogen) atoms. The molecule has 0 fully saturated rings. The van der Waals surface area contributed by atoms with Crippen LogP contribution in [0.3, 0.4) is 0 Å². The summed E-state index contributed by atoms with van der Waals surface area (Å²) < 4.78 is 0. The summed E-state index contributed by atoms with van der Waals surface area (Å²) in [5, 5.41) is 31.4. The van der Waals surface area contributed by atoms with E-state index in [2.05, 4.69) is 267 Å². The van der Waals surface area contributed by atoms with Gasteiger partial charge in [0.05, 0.1) is 0 Å². The third-order valence-corrected chi connectivity index (χ3v) is 15.5. The molecule has 16 rings (SSSR count). The summed E-state index contributed by atoms with van der Waals surface area (Å²) in [5.74, 6) is 0. The van der Waals surface area contributed by atoms with E-state index in [4.69, 9.17) is 0 Å². The van der Waals surface area contributed by atoms with E-state index in [0.29, 0.717) is 0 Å². The van der Waals surface area contributed by atoms with Crippen molar-refractivity contribution in [1.82, 2.24) is 0 Å². The van der Waals surface area contributed by atoms with Gasteiger partial charge in [0.25, 0.3) is 0 Å². The molecule has 0 heteroatoms. The van der Waals surface area contributed by atoms with Gasteiger partial charge in [-0.25, -0.2) is 0 Å². The second kappa shape index (κ2) is 16.1. The monoisotopic (exact) mass is 908 g/mol. The van der Waals surface area contributed by atoms with Crippen LogP contribution in [0.4, 0.5) is 0 Å². The minimum absolute atomic E-state index is 1.24. The smallest absolute Gasteiger partial charge is 0.00201 e. The van der Waals surface area contributed by atoms with Crippen molar-refractivity contribution < 1.29 is 0 Å². The van der Waals surface area contributed by atoms with Crippen molar-refractivity contribution >= 4 is 129 Å². The van der Waals surface area contributed by atoms with Crippen LogP contribution in [-0.2, 0) is 0 Å². The Hall–Kier alpha value is -9.36. The number of hydrogen-bond acceptors (Lipinski definition) is 0. The third-order valence-electron chi connectivity index (χ3n) is 15.5. The topological polar surface area (TPSA) is 0 Å². The van der Waals surface area contributed by atoms with Crippen LogP contribution in [-0.4, -0.2) is 0 Å². The van der Waals surface area contributed by atoms with Crippen LogP contribution in [0.25, 0.3) is 152 Å². The first-order valence-corrected chi connectivity index (χ1v) is 25.1. The summed E-state index contributed by atoms with van der Waals surface area (Å²) in [6.07, 6.45) is 0. The lowest BCUT2D eigenvalue weighted by Gasteiger charge is -2.18. The Balaban J connectivity index is 0.000000136. The molecule has 16 aromatic rings. The van der Waals surface area contributed by atoms with Crippen molar-refractivity contribution in [2.24, 2.45) is 0 Å². The fourth-order valence-electron chi connectivity index (χ4n) is 12.3. The van der Waals surface area contributed by atoms with Gasteiger partial charge in [-0.3, -0.25) is 0 Å². The van der Waals surface area contributed by atoms with Crippen LogP contribution >= 0.6 is 0 Å². The Morgan fingerprint density at radius 1 is 0.153 bits per heavy atom. The van der Waals surface area contributed by atoms with Crippen molar-refractivity contribution in [1.29, 1.82) is 0 Å². The van der Waals surface area contributed by atoms with Gasteiger partial charge in [-0.2, -0.15) is 0 Å². The summed E-state index contributed by atoms with van der Waals surface area (Å²) in [6.45, 7) is 0. The Morgan fingerprint density at radius 2 is 0.556 bits per heavy atom. The zero-order valence-electron chi connectivity index (χ0n) is 39.4. The van der Waals surface area contributed by atoms with Crippen LogP contribution in [0.2, 0.25) is 0 Å². The highest BCUT2D eigenvalue weighted by Crippen LogP contribution is 2.46. The van der Waals surface area contributed by atoms with Crippen molar-refractivity contribution in [3.8, 4) is 22.3 Å². The number of rotatable bonds is 2. The molecule has 0 atom stereocenters. The first-order valence-electron chi connectivity index (χ1n) is 25.1. The number of hydrogen-bond donors (Lipinski definition) is 0. The van der Waals surface area contributed by atoms with Gasteiger partial charge in [0.2, 0.25) is 0 Å². The number of benzene rings is 16. The van der Waals surface area contributed by atoms with Gasteiger partial charge < -0.3 is 0 Å². The fourth-order valence-corrected chi connectivity index (χ4v) is 12.3. The van der Waals surface area contributed by atoms with Gasteiger partial charge >= 0.3 is 0 Å². The van der Waals surface area contributed by atoms with E-state index >= 15 is 0 Å². The largest absolute Gasteiger partial charge is 0.0622 e. The molecule has 0 bridgehead atoms. The van der Waals surface area contributed by atoms with Crippen molar-refractivity contribution in [2.45, 2.75) is 0 Å². The van der Waals surface area contributed by atoms with E-state index in [-0.39, 0.29) is 0 Å². The molecule has 0 unspecified atom stereocenters. The highest BCUT2D eigenvalue weighted by Gasteiger charge is 2.18. The van der Waals surface area contributed by atoms with E-state index in [1.165, 1.54) is 152 Å². The molecule has 16 aromatic carbocycles. The predicted octanol–water partition coefficient (Wildman–Crippen LogP) is 20.5. The SMILES string of the molecule is c1ccc(-c2cccc3c(-c4ccccc4)c4cc5c6ccccc6c6ccc7ccccc7c6c5cc4cc23)cc1.c1ccc2cc3cc4c(cc3cc2c1)c1ccccc1c1ccc2ccccc2c14. The highest BCUT2D eigenvalue weighted by atomic mass is 14.2. The maximum Gasteiger partial charge on any atom is -0.00201 e. The van der Waals surface area contributed by atoms with Gasteiger partial charge in [0.15, 0.2) is 0 Å². The van der Waals surface area contributed by atoms with Gasteiger partial charge in [-0.1, -0.05) is 224 Å². The lowest BCUT2D eigenvalue weighted by atomic mass is 9.85. The molecular weight excluding hydrogens is 865 g/mol. The molecule has 332 valence electrons. The van der Waals surface area contributed by atoms with Crippen LogP contribution in [0.15, 0.2) is 267 Å². The van der Waals surface area contributed by atoms with Crippen molar-refractivity contribution in [3.05, 3.63) is 267 Å². The molecular formula is C72H44. The van der Waals surface area contributed by atoms with E-state index in [1.807, 2.05) is 0 Å². The summed E-state index contributed by atoms with van der Waals surface area (Å²) in [4.78, 5) is 0. The maximum atomic E-state index is 2.46. The maximum absolute atomic E-state index is 2.46. The average molecular weight is 909 g/mol. The summed E-state index contributed by atoms with van der Waals surface area (Å²) in [7, 11) is 0. The minimum atomic E-state index is 1.24. The summed E-state index contributed by atoms with van der Waals surface area (Å²) in [5.41, 5.74) is 5.05.